The van der Waals surface area contributed by atoms with Crippen molar-refractivity contribution in [3.05, 3.63) is 0 Å². The Balaban J connectivity index is 2.11. The number of carbonyl (C=O) groups is 2. The second kappa shape index (κ2) is 5.48. The highest BCUT2D eigenvalue weighted by molar-refractivity contribution is 6.47. The Morgan fingerprint density at radius 3 is 3.05 bits per heavy atom. The van der Waals surface area contributed by atoms with Crippen LogP contribution in [0.25, 0.3) is 0 Å². The third-order valence-electron chi connectivity index (χ3n) is 3.87. The van der Waals surface area contributed by atoms with Gasteiger partial charge in [-0.1, -0.05) is 0 Å². The lowest BCUT2D eigenvalue weighted by Crippen LogP contribution is -2.55. The van der Waals surface area contributed by atoms with Crippen molar-refractivity contribution in [3.63, 3.8) is 0 Å². The first-order valence-electron chi connectivity index (χ1n) is 6.60. The van der Waals surface area contributed by atoms with Crippen molar-refractivity contribution < 1.29 is 18.9 Å². The molecule has 0 aromatic carbocycles. The lowest BCUT2D eigenvalue weighted by atomic mass is 9.78. The molecule has 0 aromatic heterocycles. The van der Waals surface area contributed by atoms with E-state index in [4.69, 9.17) is 20.8 Å². The molecule has 1 amide bonds. The van der Waals surface area contributed by atoms with Crippen LogP contribution >= 0.6 is 0 Å². The third kappa shape index (κ3) is 2.61. The standard InChI is InChI=1S/C11H20BN3O4/c1-2-18-12-4-3-8-6-15(9(16)5-13)7-11(8,14)10(17)19-12/h8H,2-7,13-14H2,1H3. The minimum Gasteiger partial charge on any atom is -0.508 e. The highest BCUT2D eigenvalue weighted by Gasteiger charge is 2.54. The molecule has 2 aliphatic heterocycles. The molecule has 0 spiro atoms. The zero-order chi connectivity index (χ0) is 14.0. The first-order chi connectivity index (χ1) is 9.01. The largest absolute Gasteiger partial charge is 0.527 e. The van der Waals surface area contributed by atoms with E-state index in [1.54, 1.807) is 4.90 Å². The number of nitrogens with zero attached hydrogens (tertiary/aromatic N) is 1. The fraction of sp³-hybridized carbons (Fsp3) is 0.818. The Labute approximate surface area is 112 Å². The number of hydrogen-bond donors (Lipinski definition) is 2. The molecular formula is C11H20BN3O4. The average molecular weight is 269 g/mol. The lowest BCUT2D eigenvalue weighted by Gasteiger charge is -2.25. The summed E-state index contributed by atoms with van der Waals surface area (Å²) in [6.07, 6.45) is 1.30. The molecule has 0 aromatic rings. The van der Waals surface area contributed by atoms with Gasteiger partial charge in [0.2, 0.25) is 5.91 Å². The van der Waals surface area contributed by atoms with Gasteiger partial charge < -0.3 is 25.7 Å². The summed E-state index contributed by atoms with van der Waals surface area (Å²) in [5.41, 5.74) is 10.4. The predicted molar refractivity (Wildman–Crippen MR) is 68.9 cm³/mol. The van der Waals surface area contributed by atoms with Gasteiger partial charge in [-0.15, -0.1) is 0 Å². The maximum absolute atomic E-state index is 12.2. The second-order valence-electron chi connectivity index (χ2n) is 5.08. The Kier molecular flexibility index (Phi) is 4.12. The normalized spacial score (nSPS) is 30.9. The Morgan fingerprint density at radius 2 is 2.42 bits per heavy atom. The van der Waals surface area contributed by atoms with Gasteiger partial charge in [0.1, 0.15) is 5.54 Å². The number of amides is 1. The molecule has 2 unspecified atom stereocenters. The molecule has 0 aliphatic carbocycles. The summed E-state index contributed by atoms with van der Waals surface area (Å²) in [7, 11) is -0.526. The first kappa shape index (κ1) is 14.3. The summed E-state index contributed by atoms with van der Waals surface area (Å²) in [4.78, 5) is 25.3. The van der Waals surface area contributed by atoms with Gasteiger partial charge in [-0.25, -0.2) is 0 Å². The lowest BCUT2D eigenvalue weighted by molar-refractivity contribution is -0.142. The molecule has 4 N–H and O–H groups in total. The summed E-state index contributed by atoms with van der Waals surface area (Å²) in [5.74, 6) is -0.770. The van der Waals surface area contributed by atoms with Gasteiger partial charge in [-0.3, -0.25) is 9.59 Å². The molecule has 0 bridgehead atoms. The topological polar surface area (TPSA) is 108 Å². The van der Waals surface area contributed by atoms with Crippen LogP contribution in [0.2, 0.25) is 6.32 Å². The molecule has 2 atom stereocenters. The maximum Gasteiger partial charge on any atom is 0.527 e. The minimum absolute atomic E-state index is 0.0700. The Hall–Kier alpha value is -1.12. The fourth-order valence-electron chi connectivity index (χ4n) is 2.77. The quantitative estimate of drug-likeness (QED) is 0.608. The van der Waals surface area contributed by atoms with E-state index >= 15 is 0 Å². The predicted octanol–water partition coefficient (Wildman–Crippen LogP) is -1.43. The van der Waals surface area contributed by atoms with Gasteiger partial charge in [0.15, 0.2) is 0 Å². The molecule has 0 radical (unpaired) electrons. The molecule has 2 rings (SSSR count). The van der Waals surface area contributed by atoms with Crippen LogP contribution in [0.5, 0.6) is 0 Å². The Bertz CT molecular complexity index is 381. The van der Waals surface area contributed by atoms with E-state index in [0.29, 0.717) is 25.9 Å². The minimum atomic E-state index is -1.13. The zero-order valence-electron chi connectivity index (χ0n) is 11.1. The molecule has 2 aliphatic rings. The summed E-state index contributed by atoms with van der Waals surface area (Å²) < 4.78 is 10.6. The van der Waals surface area contributed by atoms with Gasteiger partial charge in [0, 0.05) is 25.6 Å². The van der Waals surface area contributed by atoms with Crippen molar-refractivity contribution in [2.45, 2.75) is 25.2 Å². The summed E-state index contributed by atoms with van der Waals surface area (Å²) in [6.45, 7) is 2.89. The highest BCUT2D eigenvalue weighted by atomic mass is 16.6. The number of likely N-dealkylation sites (tertiary alicyclic amines) is 1. The summed E-state index contributed by atoms with van der Waals surface area (Å²) in [5, 5.41) is 0. The van der Waals surface area contributed by atoms with Crippen molar-refractivity contribution in [2.24, 2.45) is 17.4 Å². The van der Waals surface area contributed by atoms with E-state index in [2.05, 4.69) is 0 Å². The molecule has 7 nitrogen and oxygen atoms in total. The van der Waals surface area contributed by atoms with Gasteiger partial charge in [-0.05, 0) is 19.7 Å². The molecule has 106 valence electrons. The van der Waals surface area contributed by atoms with Crippen LogP contribution in [0.3, 0.4) is 0 Å². The number of nitrogens with two attached hydrogens (primary N) is 2. The van der Waals surface area contributed by atoms with E-state index in [0.717, 1.165) is 0 Å². The second-order valence-corrected chi connectivity index (χ2v) is 5.08. The number of carbonyl (C=O) groups excluding carboxylic acids is 2. The Morgan fingerprint density at radius 1 is 1.68 bits per heavy atom. The highest BCUT2D eigenvalue weighted by Crippen LogP contribution is 2.34. The summed E-state index contributed by atoms with van der Waals surface area (Å²) >= 11 is 0. The van der Waals surface area contributed by atoms with Crippen LogP contribution in [0.15, 0.2) is 0 Å². The van der Waals surface area contributed by atoms with E-state index < -0.39 is 18.6 Å². The molecule has 0 saturated carbocycles. The molecule has 2 heterocycles. The third-order valence-corrected chi connectivity index (χ3v) is 3.87. The SMILES string of the molecule is CCOB1CCC2CN(C(=O)CN)CC2(N)C(=O)O1. The van der Waals surface area contributed by atoms with E-state index in [-0.39, 0.29) is 24.9 Å². The van der Waals surface area contributed by atoms with E-state index in [9.17, 15) is 9.59 Å². The van der Waals surface area contributed by atoms with Gasteiger partial charge >= 0.3 is 13.1 Å². The van der Waals surface area contributed by atoms with Crippen LogP contribution in [0.1, 0.15) is 13.3 Å². The number of fused-ring (bicyclic) bond motifs is 1. The van der Waals surface area contributed by atoms with Crippen molar-refractivity contribution in [1.29, 1.82) is 0 Å². The smallest absolute Gasteiger partial charge is 0.508 e. The molecular weight excluding hydrogens is 249 g/mol. The van der Waals surface area contributed by atoms with E-state index in [1.807, 2.05) is 6.92 Å². The van der Waals surface area contributed by atoms with Crippen molar-refractivity contribution in [1.82, 2.24) is 4.90 Å². The first-order valence-corrected chi connectivity index (χ1v) is 6.60. The molecule has 2 saturated heterocycles. The maximum atomic E-state index is 12.2. The summed E-state index contributed by atoms with van der Waals surface area (Å²) in [6, 6.07) is 0. The molecule has 2 fully saturated rings. The van der Waals surface area contributed by atoms with Crippen molar-refractivity contribution in [3.8, 4) is 0 Å². The van der Waals surface area contributed by atoms with Gasteiger partial charge in [0.25, 0.3) is 0 Å². The monoisotopic (exact) mass is 269 g/mol. The molecule has 8 heteroatoms. The van der Waals surface area contributed by atoms with Gasteiger partial charge in [-0.2, -0.15) is 0 Å². The van der Waals surface area contributed by atoms with Crippen LogP contribution in [-0.2, 0) is 18.9 Å². The van der Waals surface area contributed by atoms with E-state index in [1.165, 1.54) is 0 Å². The fourth-order valence-corrected chi connectivity index (χ4v) is 2.77. The van der Waals surface area contributed by atoms with Crippen LogP contribution < -0.4 is 11.5 Å². The van der Waals surface area contributed by atoms with Crippen molar-refractivity contribution >= 4 is 19.0 Å². The van der Waals surface area contributed by atoms with Crippen LogP contribution in [-0.4, -0.2) is 55.7 Å². The number of rotatable bonds is 3. The average Bonchev–Trinajstić information content (AvgIpc) is 2.69. The number of hydrogen-bond acceptors (Lipinski definition) is 6. The molecule has 19 heavy (non-hydrogen) atoms. The van der Waals surface area contributed by atoms with Crippen molar-refractivity contribution in [2.75, 3.05) is 26.2 Å². The zero-order valence-corrected chi connectivity index (χ0v) is 11.1. The van der Waals surface area contributed by atoms with Crippen LogP contribution in [0, 0.1) is 5.92 Å². The van der Waals surface area contributed by atoms with Gasteiger partial charge in [0.05, 0.1) is 6.54 Å². The van der Waals surface area contributed by atoms with Crippen LogP contribution in [0.4, 0.5) is 0 Å².